The monoisotopic (exact) mass is 532 g/mol. The lowest BCUT2D eigenvalue weighted by atomic mass is 10.1. The molecule has 10 nitrogen and oxygen atoms in total. The highest BCUT2D eigenvalue weighted by atomic mass is 32.2. The normalized spacial score (nSPS) is 12.9. The third-order valence-electron chi connectivity index (χ3n) is 5.34. The second kappa shape index (κ2) is 12.1. The second-order valence-corrected chi connectivity index (χ2v) is 11.3. The number of hydrogen-bond acceptors (Lipinski definition) is 9. The van der Waals surface area contributed by atoms with Crippen molar-refractivity contribution in [2.24, 2.45) is 5.84 Å². The molecule has 0 fully saturated rings. The first-order valence-corrected chi connectivity index (χ1v) is 13.2. The first-order valence-electron chi connectivity index (χ1n) is 10.9. The first-order chi connectivity index (χ1) is 17.1. The Balaban J connectivity index is 1.72. The Hall–Kier alpha value is -3.29. The second-order valence-electron chi connectivity index (χ2n) is 7.92. The predicted octanol–water partition coefficient (Wildman–Crippen LogP) is 1.48. The summed E-state index contributed by atoms with van der Waals surface area (Å²) in [5.41, 5.74) is 5.88. The number of methoxy groups -OCH3 is 2. The summed E-state index contributed by atoms with van der Waals surface area (Å²) in [4.78, 5) is 17.4. The first kappa shape index (κ1) is 27.3. The van der Waals surface area contributed by atoms with Gasteiger partial charge in [0.25, 0.3) is 10.0 Å². The van der Waals surface area contributed by atoms with E-state index in [1.54, 1.807) is 43.6 Å². The Bertz CT molecular complexity index is 1290. The summed E-state index contributed by atoms with van der Waals surface area (Å²) in [5.74, 6) is 6.35. The number of carbonyl (C=O) groups excluding carboxylic acids is 1. The predicted molar refractivity (Wildman–Crippen MR) is 137 cm³/mol. The minimum Gasteiger partial charge on any atom is -0.497 e. The Morgan fingerprint density at radius 1 is 1.17 bits per heavy atom. The molecule has 2 heterocycles. The van der Waals surface area contributed by atoms with Crippen molar-refractivity contribution in [3.8, 4) is 16.3 Å². The van der Waals surface area contributed by atoms with Crippen LogP contribution in [0.2, 0.25) is 0 Å². The third kappa shape index (κ3) is 6.68. The van der Waals surface area contributed by atoms with E-state index in [4.69, 9.17) is 15.3 Å². The van der Waals surface area contributed by atoms with Crippen molar-refractivity contribution in [3.05, 3.63) is 78.3 Å². The fraction of sp³-hybridized carbons (Fsp3) is 0.250. The largest absolute Gasteiger partial charge is 0.497 e. The summed E-state index contributed by atoms with van der Waals surface area (Å²) in [5, 5.41) is 1.20. The van der Waals surface area contributed by atoms with Crippen LogP contribution in [0.1, 0.15) is 5.56 Å². The maximum atomic E-state index is 13.1. The molecule has 2 aromatic heterocycles. The van der Waals surface area contributed by atoms with E-state index in [9.17, 15) is 13.2 Å². The van der Waals surface area contributed by atoms with E-state index in [0.717, 1.165) is 21.8 Å². The van der Waals surface area contributed by atoms with Crippen LogP contribution in [-0.4, -0.2) is 62.5 Å². The molecule has 0 spiro atoms. The average Bonchev–Trinajstić information content (AvgIpc) is 3.39. The summed E-state index contributed by atoms with van der Waals surface area (Å²) >= 11 is 1.14. The number of nitrogens with two attached hydrogens (primary N) is 1. The van der Waals surface area contributed by atoms with Gasteiger partial charge in [-0.15, -0.1) is 11.3 Å². The molecule has 3 rings (SSSR count). The summed E-state index contributed by atoms with van der Waals surface area (Å²) < 4.78 is 37.7. The summed E-state index contributed by atoms with van der Waals surface area (Å²) in [6.07, 6.45) is 3.38. The molecular formula is C24H30N5O5S2+. The number of hydrazine groups is 1. The molecule has 12 heteroatoms. The fourth-order valence-electron chi connectivity index (χ4n) is 3.40. The van der Waals surface area contributed by atoms with E-state index >= 15 is 0 Å². The van der Waals surface area contributed by atoms with E-state index < -0.39 is 22.0 Å². The molecule has 0 radical (unpaired) electrons. The fourth-order valence-corrected chi connectivity index (χ4v) is 6.07. The molecule has 3 aromatic rings. The van der Waals surface area contributed by atoms with Gasteiger partial charge in [0.15, 0.2) is 0 Å². The quantitative estimate of drug-likeness (QED) is 0.215. The topological polar surface area (TPSA) is 143 Å². The van der Waals surface area contributed by atoms with Crippen molar-refractivity contribution in [1.29, 1.82) is 0 Å². The van der Waals surface area contributed by atoms with Crippen molar-refractivity contribution in [3.63, 3.8) is 0 Å². The molecule has 5 N–H and O–H groups in total. The maximum absolute atomic E-state index is 13.1. The van der Waals surface area contributed by atoms with Gasteiger partial charge in [0.2, 0.25) is 0 Å². The lowest BCUT2D eigenvalue weighted by Gasteiger charge is -2.24. The van der Waals surface area contributed by atoms with E-state index in [0.29, 0.717) is 17.1 Å². The Labute approximate surface area is 214 Å². The minimum absolute atomic E-state index is 0.0245. The number of sulfonamides is 1. The molecule has 0 aliphatic heterocycles. The van der Waals surface area contributed by atoms with Crippen molar-refractivity contribution < 1.29 is 28.4 Å². The molecule has 192 valence electrons. The van der Waals surface area contributed by atoms with Crippen LogP contribution in [0.5, 0.6) is 5.75 Å². The molecule has 0 unspecified atom stereocenters. The number of likely N-dealkylation sites (N-methyl/N-ethyl adjacent to an activating group) is 1. The Kier molecular flexibility index (Phi) is 9.18. The number of rotatable bonds is 11. The van der Waals surface area contributed by atoms with Gasteiger partial charge in [-0.2, -0.15) is 4.31 Å². The standard InChI is InChI=1S/C24H29N5O5S2/c1-28(36(31,32)23-12-11-22(35-23)20-6-4-5-13-27-20)15-18(25)16-29(26)21(24(30)34-3)14-17-7-9-19(33-2)10-8-17/h4-13,16,21H,14-15,25-26H2,1-3H3/p+1/b18-16-/t21-/m0/s1. The van der Waals surface area contributed by atoms with Crippen LogP contribution in [0.25, 0.3) is 10.6 Å². The molecule has 0 amide bonds. The zero-order valence-electron chi connectivity index (χ0n) is 20.3. The molecule has 36 heavy (non-hydrogen) atoms. The number of quaternary nitrogens is 1. The van der Waals surface area contributed by atoms with Gasteiger partial charge in [0, 0.05) is 19.7 Å². The van der Waals surface area contributed by atoms with E-state index in [2.05, 4.69) is 10.7 Å². The Morgan fingerprint density at radius 2 is 1.89 bits per heavy atom. The molecule has 0 saturated heterocycles. The number of thiophene rings is 1. The highest BCUT2D eigenvalue weighted by molar-refractivity contribution is 7.91. The smallest absolute Gasteiger partial charge is 0.330 e. The summed E-state index contributed by atoms with van der Waals surface area (Å²) in [6, 6.07) is 15.2. The number of nitrogens with zero attached hydrogens (tertiary/aromatic N) is 3. The number of ether oxygens (including phenoxy) is 2. The van der Waals surface area contributed by atoms with Crippen LogP contribution >= 0.6 is 11.3 Å². The lowest BCUT2D eigenvalue weighted by Crippen LogP contribution is -2.55. The molecule has 0 aliphatic carbocycles. The Morgan fingerprint density at radius 3 is 2.50 bits per heavy atom. The van der Waals surface area contributed by atoms with Crippen LogP contribution in [0, 0.1) is 0 Å². The number of carbonyl (C=O) groups is 1. The van der Waals surface area contributed by atoms with Crippen molar-refractivity contribution in [1.82, 2.24) is 14.3 Å². The van der Waals surface area contributed by atoms with Gasteiger partial charge in [-0.05, 0) is 42.0 Å². The SMILES string of the molecule is COC(=O)[C@H](Cc1ccc(OC)cc1)N(N)/C=C(\[NH3+])CN(C)S(=O)(=O)c1ccc(-c2ccccn2)s1. The molecular weight excluding hydrogens is 502 g/mol. The zero-order chi connectivity index (χ0) is 26.3. The number of esters is 1. The molecule has 1 atom stereocenters. The summed E-state index contributed by atoms with van der Waals surface area (Å²) in [6.45, 7) is -0.0245. The van der Waals surface area contributed by atoms with Crippen molar-refractivity contribution in [2.45, 2.75) is 16.7 Å². The number of hydrogen-bond donors (Lipinski definition) is 2. The van der Waals surface area contributed by atoms with E-state index in [-0.39, 0.29) is 17.2 Å². The van der Waals surface area contributed by atoms with Crippen LogP contribution in [0.15, 0.2) is 76.9 Å². The van der Waals surface area contributed by atoms with Gasteiger partial charge in [0.1, 0.15) is 21.7 Å². The zero-order valence-corrected chi connectivity index (χ0v) is 22.0. The van der Waals surface area contributed by atoms with Gasteiger partial charge >= 0.3 is 5.97 Å². The molecule has 0 bridgehead atoms. The van der Waals surface area contributed by atoms with Crippen LogP contribution in [0.4, 0.5) is 0 Å². The third-order valence-corrected chi connectivity index (χ3v) is 8.72. The van der Waals surface area contributed by atoms with Crippen molar-refractivity contribution in [2.75, 3.05) is 27.8 Å². The number of benzene rings is 1. The van der Waals surface area contributed by atoms with E-state index in [1.807, 2.05) is 24.3 Å². The highest BCUT2D eigenvalue weighted by Gasteiger charge is 2.27. The maximum Gasteiger partial charge on any atom is 0.330 e. The van der Waals surface area contributed by atoms with Gasteiger partial charge in [-0.3, -0.25) is 9.99 Å². The van der Waals surface area contributed by atoms with Gasteiger partial charge < -0.3 is 15.2 Å². The lowest BCUT2D eigenvalue weighted by molar-refractivity contribution is -0.307. The molecule has 1 aromatic carbocycles. The molecule has 0 saturated carbocycles. The molecule has 0 aliphatic rings. The van der Waals surface area contributed by atoms with Crippen molar-refractivity contribution >= 4 is 27.3 Å². The van der Waals surface area contributed by atoms with E-state index in [1.165, 1.54) is 29.7 Å². The number of aromatic nitrogens is 1. The number of pyridine rings is 1. The highest BCUT2D eigenvalue weighted by Crippen LogP contribution is 2.30. The van der Waals surface area contributed by atoms with Gasteiger partial charge in [0.05, 0.1) is 37.5 Å². The van der Waals surface area contributed by atoms with Crippen LogP contribution < -0.4 is 16.3 Å². The van der Waals surface area contributed by atoms with Gasteiger partial charge in [-0.25, -0.2) is 19.1 Å². The summed E-state index contributed by atoms with van der Waals surface area (Å²) in [7, 11) is 0.547. The average molecular weight is 533 g/mol. The van der Waals surface area contributed by atoms with Crippen LogP contribution in [0.3, 0.4) is 0 Å². The minimum atomic E-state index is -3.77. The van der Waals surface area contributed by atoms with Gasteiger partial charge in [-0.1, -0.05) is 18.2 Å². The van der Waals surface area contributed by atoms with Crippen LogP contribution in [-0.2, 0) is 26.0 Å².